The summed E-state index contributed by atoms with van der Waals surface area (Å²) >= 11 is 0. The van der Waals surface area contributed by atoms with E-state index in [0.717, 1.165) is 5.56 Å². The molecule has 22 heavy (non-hydrogen) atoms. The van der Waals surface area contributed by atoms with Crippen molar-refractivity contribution in [1.29, 1.82) is 0 Å². The van der Waals surface area contributed by atoms with E-state index in [4.69, 9.17) is 5.73 Å². The van der Waals surface area contributed by atoms with E-state index < -0.39 is 5.41 Å². The average molecular weight is 305 g/mol. The van der Waals surface area contributed by atoms with Crippen LogP contribution in [0.3, 0.4) is 0 Å². The molecule has 0 fully saturated rings. The fraction of sp³-hybridized carbons (Fsp3) is 0.529. The largest absolute Gasteiger partial charge is 0.354 e. The van der Waals surface area contributed by atoms with Crippen LogP contribution in [0.2, 0.25) is 0 Å². The molecule has 0 saturated heterocycles. The lowest BCUT2D eigenvalue weighted by Gasteiger charge is -2.28. The molecule has 5 heteroatoms. The normalized spacial score (nSPS) is 11.1. The lowest BCUT2D eigenvalue weighted by atomic mass is 9.81. The minimum atomic E-state index is -0.499. The van der Waals surface area contributed by atoms with E-state index in [1.54, 1.807) is 12.1 Å². The summed E-state index contributed by atoms with van der Waals surface area (Å²) in [5, 5.41) is 5.65. The van der Waals surface area contributed by atoms with Gasteiger partial charge in [-0.2, -0.15) is 0 Å². The minimum Gasteiger partial charge on any atom is -0.354 e. The fourth-order valence-corrected chi connectivity index (χ4v) is 2.30. The average Bonchev–Trinajstić information content (AvgIpc) is 2.54. The standard InChI is InChI=1S/C17H27N3O2/c1-4-17(5-2,12-18)16(22)20-11-10-19-15(21)14-8-6-13(3)7-9-14/h6-9H,4-5,10-12,18H2,1-3H3,(H,19,21)(H,20,22). The van der Waals surface area contributed by atoms with Crippen molar-refractivity contribution in [3.05, 3.63) is 35.4 Å². The Morgan fingerprint density at radius 2 is 1.59 bits per heavy atom. The maximum Gasteiger partial charge on any atom is 0.251 e. The van der Waals surface area contributed by atoms with Crippen LogP contribution in [0.5, 0.6) is 0 Å². The molecular formula is C17H27N3O2. The van der Waals surface area contributed by atoms with Crippen LogP contribution in [0.4, 0.5) is 0 Å². The highest BCUT2D eigenvalue weighted by Gasteiger charge is 2.32. The van der Waals surface area contributed by atoms with Crippen LogP contribution in [0.25, 0.3) is 0 Å². The first kappa shape index (κ1) is 18.2. The van der Waals surface area contributed by atoms with Crippen molar-refractivity contribution in [3.63, 3.8) is 0 Å². The zero-order valence-corrected chi connectivity index (χ0v) is 13.7. The van der Waals surface area contributed by atoms with Crippen molar-refractivity contribution in [2.24, 2.45) is 11.1 Å². The molecule has 0 aliphatic heterocycles. The number of amides is 2. The molecule has 0 atom stereocenters. The summed E-state index contributed by atoms with van der Waals surface area (Å²) < 4.78 is 0. The quantitative estimate of drug-likeness (QED) is 0.638. The number of carbonyl (C=O) groups excluding carboxylic acids is 2. The molecule has 0 spiro atoms. The van der Waals surface area contributed by atoms with Gasteiger partial charge in [0.15, 0.2) is 0 Å². The lowest BCUT2D eigenvalue weighted by Crippen LogP contribution is -2.47. The molecule has 0 bridgehead atoms. The van der Waals surface area contributed by atoms with Gasteiger partial charge in [-0.1, -0.05) is 31.5 Å². The van der Waals surface area contributed by atoms with E-state index in [-0.39, 0.29) is 11.8 Å². The van der Waals surface area contributed by atoms with Gasteiger partial charge in [-0.3, -0.25) is 9.59 Å². The number of carbonyl (C=O) groups is 2. The molecule has 0 aliphatic carbocycles. The highest BCUT2D eigenvalue weighted by atomic mass is 16.2. The van der Waals surface area contributed by atoms with E-state index in [9.17, 15) is 9.59 Å². The van der Waals surface area contributed by atoms with Gasteiger partial charge < -0.3 is 16.4 Å². The van der Waals surface area contributed by atoms with Crippen LogP contribution >= 0.6 is 0 Å². The van der Waals surface area contributed by atoms with Gasteiger partial charge in [-0.25, -0.2) is 0 Å². The van der Waals surface area contributed by atoms with Gasteiger partial charge in [0.05, 0.1) is 5.41 Å². The highest BCUT2D eigenvalue weighted by molar-refractivity contribution is 5.94. The molecule has 0 aliphatic rings. The highest BCUT2D eigenvalue weighted by Crippen LogP contribution is 2.24. The Kier molecular flexibility index (Phi) is 7.05. The summed E-state index contributed by atoms with van der Waals surface area (Å²) in [7, 11) is 0. The van der Waals surface area contributed by atoms with Gasteiger partial charge in [0.25, 0.3) is 5.91 Å². The van der Waals surface area contributed by atoms with Crippen LogP contribution in [0.1, 0.15) is 42.6 Å². The molecule has 1 rings (SSSR count). The monoisotopic (exact) mass is 305 g/mol. The Balaban J connectivity index is 2.40. The van der Waals surface area contributed by atoms with Gasteiger partial charge >= 0.3 is 0 Å². The molecule has 0 unspecified atom stereocenters. The predicted molar refractivity (Wildman–Crippen MR) is 88.6 cm³/mol. The third kappa shape index (κ3) is 4.56. The van der Waals surface area contributed by atoms with Gasteiger partial charge in [-0.15, -0.1) is 0 Å². The van der Waals surface area contributed by atoms with Crippen LogP contribution in [-0.4, -0.2) is 31.4 Å². The second-order valence-electron chi connectivity index (χ2n) is 5.57. The molecule has 1 aromatic rings. The molecule has 2 amide bonds. The maximum absolute atomic E-state index is 12.2. The first-order chi connectivity index (χ1) is 10.5. The molecule has 0 radical (unpaired) electrons. The van der Waals surface area contributed by atoms with E-state index in [1.165, 1.54) is 0 Å². The van der Waals surface area contributed by atoms with Crippen molar-refractivity contribution in [2.45, 2.75) is 33.6 Å². The van der Waals surface area contributed by atoms with E-state index in [0.29, 0.717) is 38.0 Å². The first-order valence-corrected chi connectivity index (χ1v) is 7.82. The number of hydrogen-bond acceptors (Lipinski definition) is 3. The van der Waals surface area contributed by atoms with Crippen LogP contribution in [-0.2, 0) is 4.79 Å². The zero-order valence-electron chi connectivity index (χ0n) is 13.7. The Morgan fingerprint density at radius 3 is 2.09 bits per heavy atom. The smallest absolute Gasteiger partial charge is 0.251 e. The fourth-order valence-electron chi connectivity index (χ4n) is 2.30. The third-order valence-corrected chi connectivity index (χ3v) is 4.24. The summed E-state index contributed by atoms with van der Waals surface area (Å²) in [6, 6.07) is 7.37. The van der Waals surface area contributed by atoms with Gasteiger partial charge in [-0.05, 0) is 31.9 Å². The van der Waals surface area contributed by atoms with Crippen molar-refractivity contribution in [2.75, 3.05) is 19.6 Å². The second kappa shape index (κ2) is 8.54. The molecule has 0 saturated carbocycles. The Hall–Kier alpha value is -1.88. The second-order valence-corrected chi connectivity index (χ2v) is 5.57. The third-order valence-electron chi connectivity index (χ3n) is 4.24. The summed E-state index contributed by atoms with van der Waals surface area (Å²) in [5.74, 6) is -0.171. The number of benzene rings is 1. The Morgan fingerprint density at radius 1 is 1.05 bits per heavy atom. The zero-order chi connectivity index (χ0) is 16.6. The van der Waals surface area contributed by atoms with Crippen LogP contribution in [0, 0.1) is 12.3 Å². The summed E-state index contributed by atoms with van der Waals surface area (Å²) in [4.78, 5) is 24.1. The molecule has 0 aromatic heterocycles. The van der Waals surface area contributed by atoms with Crippen LogP contribution in [0.15, 0.2) is 24.3 Å². The van der Waals surface area contributed by atoms with Gasteiger partial charge in [0, 0.05) is 25.2 Å². The summed E-state index contributed by atoms with van der Waals surface area (Å²) in [6.45, 7) is 7.04. The summed E-state index contributed by atoms with van der Waals surface area (Å²) in [5.41, 5.74) is 6.97. The molecule has 0 heterocycles. The van der Waals surface area contributed by atoms with Gasteiger partial charge in [0.1, 0.15) is 0 Å². The van der Waals surface area contributed by atoms with E-state index in [1.807, 2.05) is 32.9 Å². The minimum absolute atomic E-state index is 0.0374. The first-order valence-electron chi connectivity index (χ1n) is 7.82. The molecular weight excluding hydrogens is 278 g/mol. The molecule has 122 valence electrons. The SMILES string of the molecule is CCC(CC)(CN)C(=O)NCCNC(=O)c1ccc(C)cc1. The number of hydrogen-bond donors (Lipinski definition) is 3. The Bertz CT molecular complexity index is 485. The Labute approximate surface area is 132 Å². The summed E-state index contributed by atoms with van der Waals surface area (Å²) in [6.07, 6.45) is 1.42. The van der Waals surface area contributed by atoms with E-state index in [2.05, 4.69) is 10.6 Å². The predicted octanol–water partition coefficient (Wildman–Crippen LogP) is 1.61. The molecule has 5 nitrogen and oxygen atoms in total. The number of rotatable bonds is 8. The van der Waals surface area contributed by atoms with Crippen molar-refractivity contribution in [1.82, 2.24) is 10.6 Å². The van der Waals surface area contributed by atoms with Crippen molar-refractivity contribution >= 4 is 11.8 Å². The topological polar surface area (TPSA) is 84.2 Å². The van der Waals surface area contributed by atoms with Crippen molar-refractivity contribution in [3.8, 4) is 0 Å². The number of nitrogens with one attached hydrogen (secondary N) is 2. The molecule has 1 aromatic carbocycles. The number of aryl methyl sites for hydroxylation is 1. The lowest BCUT2D eigenvalue weighted by molar-refractivity contribution is -0.130. The van der Waals surface area contributed by atoms with Crippen LogP contribution < -0.4 is 16.4 Å². The number of nitrogens with two attached hydrogens (primary N) is 1. The maximum atomic E-state index is 12.2. The van der Waals surface area contributed by atoms with Crippen molar-refractivity contribution < 1.29 is 9.59 Å². The van der Waals surface area contributed by atoms with Gasteiger partial charge in [0.2, 0.25) is 5.91 Å². The molecule has 4 N–H and O–H groups in total. The van der Waals surface area contributed by atoms with E-state index >= 15 is 0 Å².